The van der Waals surface area contributed by atoms with Gasteiger partial charge in [-0.1, -0.05) is 30.3 Å². The van der Waals surface area contributed by atoms with Gasteiger partial charge in [-0.15, -0.1) is 0 Å². The average molecular weight is 405 g/mol. The van der Waals surface area contributed by atoms with Crippen molar-refractivity contribution in [2.45, 2.75) is 19.3 Å². The lowest BCUT2D eigenvalue weighted by Gasteiger charge is -2.25. The molecule has 1 heterocycles. The molecule has 5 nitrogen and oxygen atoms in total. The number of anilines is 1. The second-order valence-corrected chi connectivity index (χ2v) is 5.91. The predicted molar refractivity (Wildman–Crippen MR) is 88.8 cm³/mol. The summed E-state index contributed by atoms with van der Waals surface area (Å²) >= 11 is 3.10. The van der Waals surface area contributed by atoms with E-state index in [1.807, 2.05) is 30.3 Å². The molecule has 0 fully saturated rings. The zero-order valence-corrected chi connectivity index (χ0v) is 14.2. The maximum atomic E-state index is 12.5. The van der Waals surface area contributed by atoms with Crippen LogP contribution in [-0.4, -0.2) is 29.0 Å². The summed E-state index contributed by atoms with van der Waals surface area (Å²) in [6.07, 6.45) is -3.27. The fourth-order valence-electron chi connectivity index (χ4n) is 2.20. The molecule has 130 valence electrons. The van der Waals surface area contributed by atoms with Crippen LogP contribution in [0.25, 0.3) is 0 Å². The Bertz CT molecular complexity index is 734. The highest BCUT2D eigenvalue weighted by Crippen LogP contribution is 2.24. The fraction of sp³-hybridized carbons (Fsp3) is 0.333. The third kappa shape index (κ3) is 4.81. The molecule has 0 aliphatic heterocycles. The highest BCUT2D eigenvalue weighted by atomic mass is 79.9. The third-order valence-electron chi connectivity index (χ3n) is 3.25. The molecule has 24 heavy (non-hydrogen) atoms. The number of nitrogens with zero attached hydrogens (tertiary/aromatic N) is 3. The minimum atomic E-state index is -4.52. The SMILES string of the molecule is NCCN(Cc1ccccc1)c1cnn(CC(F)(F)F)c(=O)c1Br. The van der Waals surface area contributed by atoms with Gasteiger partial charge in [0.15, 0.2) is 0 Å². The Hall–Kier alpha value is -1.87. The van der Waals surface area contributed by atoms with Gasteiger partial charge in [-0.3, -0.25) is 4.79 Å². The van der Waals surface area contributed by atoms with Crippen LogP contribution < -0.4 is 16.2 Å². The molecule has 0 bridgehead atoms. The van der Waals surface area contributed by atoms with Crippen molar-refractivity contribution in [3.8, 4) is 0 Å². The van der Waals surface area contributed by atoms with Crippen molar-refractivity contribution in [3.05, 3.63) is 56.9 Å². The van der Waals surface area contributed by atoms with E-state index < -0.39 is 18.3 Å². The van der Waals surface area contributed by atoms with Crippen LogP contribution in [0.3, 0.4) is 0 Å². The Balaban J connectivity index is 2.33. The van der Waals surface area contributed by atoms with E-state index in [1.54, 1.807) is 4.90 Å². The summed E-state index contributed by atoms with van der Waals surface area (Å²) in [6, 6.07) is 9.47. The molecule has 1 aromatic carbocycles. The maximum absolute atomic E-state index is 12.5. The quantitative estimate of drug-likeness (QED) is 0.803. The van der Waals surface area contributed by atoms with Crippen LogP contribution in [0.2, 0.25) is 0 Å². The lowest BCUT2D eigenvalue weighted by molar-refractivity contribution is -0.143. The third-order valence-corrected chi connectivity index (χ3v) is 4.00. The number of aromatic nitrogens is 2. The second-order valence-electron chi connectivity index (χ2n) is 5.12. The molecule has 0 atom stereocenters. The molecule has 0 radical (unpaired) electrons. The van der Waals surface area contributed by atoms with Gasteiger partial charge in [0.2, 0.25) is 0 Å². The number of benzene rings is 1. The summed E-state index contributed by atoms with van der Waals surface area (Å²) in [5.41, 5.74) is 6.17. The van der Waals surface area contributed by atoms with Crippen molar-refractivity contribution in [1.29, 1.82) is 0 Å². The summed E-state index contributed by atoms with van der Waals surface area (Å²) in [4.78, 5) is 13.9. The first-order valence-corrected chi connectivity index (χ1v) is 7.92. The molecule has 0 amide bonds. The molecule has 2 aromatic rings. The van der Waals surface area contributed by atoms with Gasteiger partial charge in [-0.05, 0) is 21.5 Å². The van der Waals surface area contributed by atoms with E-state index in [-0.39, 0.29) is 4.47 Å². The molecule has 0 spiro atoms. The topological polar surface area (TPSA) is 64.2 Å². The van der Waals surface area contributed by atoms with Crippen LogP contribution in [0.1, 0.15) is 5.56 Å². The van der Waals surface area contributed by atoms with Gasteiger partial charge in [-0.25, -0.2) is 4.68 Å². The fourth-order valence-corrected chi connectivity index (χ4v) is 2.76. The Morgan fingerprint density at radius 3 is 2.50 bits per heavy atom. The Morgan fingerprint density at radius 2 is 1.92 bits per heavy atom. The monoisotopic (exact) mass is 404 g/mol. The number of hydrogen-bond donors (Lipinski definition) is 1. The normalized spacial score (nSPS) is 11.5. The highest BCUT2D eigenvalue weighted by Gasteiger charge is 2.30. The van der Waals surface area contributed by atoms with E-state index in [2.05, 4.69) is 21.0 Å². The Labute approximate surface area is 145 Å². The number of alkyl halides is 3. The predicted octanol–water partition coefficient (Wildman–Crippen LogP) is 2.53. The van der Waals surface area contributed by atoms with Crippen LogP contribution in [0.5, 0.6) is 0 Å². The number of rotatable bonds is 6. The first-order chi connectivity index (χ1) is 11.3. The summed E-state index contributed by atoms with van der Waals surface area (Å²) in [5, 5.41) is 3.64. The van der Waals surface area contributed by atoms with Crippen LogP contribution >= 0.6 is 15.9 Å². The molecule has 2 N–H and O–H groups in total. The molecule has 0 aliphatic carbocycles. The van der Waals surface area contributed by atoms with Crippen LogP contribution in [0, 0.1) is 0 Å². The van der Waals surface area contributed by atoms with E-state index in [1.165, 1.54) is 6.20 Å². The molecule has 9 heteroatoms. The van der Waals surface area contributed by atoms with Gasteiger partial charge in [0, 0.05) is 19.6 Å². The minimum absolute atomic E-state index is 0.0335. The molecule has 0 saturated carbocycles. The van der Waals surface area contributed by atoms with E-state index in [4.69, 9.17) is 5.73 Å². The first kappa shape index (κ1) is 18.5. The molecule has 0 saturated heterocycles. The molecule has 0 unspecified atom stereocenters. The first-order valence-electron chi connectivity index (χ1n) is 7.13. The maximum Gasteiger partial charge on any atom is 0.408 e. The lowest BCUT2D eigenvalue weighted by Crippen LogP contribution is -2.34. The van der Waals surface area contributed by atoms with Crippen molar-refractivity contribution >= 4 is 21.6 Å². The Morgan fingerprint density at radius 1 is 1.25 bits per heavy atom. The van der Waals surface area contributed by atoms with Crippen LogP contribution in [0.15, 0.2) is 45.8 Å². The van der Waals surface area contributed by atoms with Gasteiger partial charge in [-0.2, -0.15) is 18.3 Å². The molecule has 1 aromatic heterocycles. The van der Waals surface area contributed by atoms with Crippen molar-refractivity contribution < 1.29 is 13.2 Å². The summed E-state index contributed by atoms with van der Waals surface area (Å²) in [7, 11) is 0. The number of halogens is 4. The zero-order valence-electron chi connectivity index (χ0n) is 12.6. The summed E-state index contributed by atoms with van der Waals surface area (Å²) in [5.74, 6) is 0. The van der Waals surface area contributed by atoms with Crippen LogP contribution in [0.4, 0.5) is 18.9 Å². The van der Waals surface area contributed by atoms with E-state index in [0.29, 0.717) is 30.0 Å². The molecular weight excluding hydrogens is 389 g/mol. The van der Waals surface area contributed by atoms with E-state index >= 15 is 0 Å². The minimum Gasteiger partial charge on any atom is -0.364 e. The van der Waals surface area contributed by atoms with Gasteiger partial charge in [0.1, 0.15) is 11.0 Å². The van der Waals surface area contributed by atoms with Crippen molar-refractivity contribution in [2.24, 2.45) is 5.73 Å². The zero-order chi connectivity index (χ0) is 17.7. The molecular formula is C15H16BrF3N4O. The lowest BCUT2D eigenvalue weighted by atomic mass is 10.2. The summed E-state index contributed by atoms with van der Waals surface area (Å²) < 4.78 is 37.9. The largest absolute Gasteiger partial charge is 0.408 e. The molecule has 2 rings (SSSR count). The second kappa shape index (κ2) is 7.80. The van der Waals surface area contributed by atoms with Gasteiger partial charge in [0.25, 0.3) is 5.56 Å². The molecule has 0 aliphatic rings. The Kier molecular flexibility index (Phi) is 6.00. The van der Waals surface area contributed by atoms with Crippen molar-refractivity contribution in [2.75, 3.05) is 18.0 Å². The van der Waals surface area contributed by atoms with E-state index in [0.717, 1.165) is 5.56 Å². The van der Waals surface area contributed by atoms with Crippen molar-refractivity contribution in [1.82, 2.24) is 9.78 Å². The standard InChI is InChI=1S/C15H16BrF3N4O/c16-13-12(8-21-23(14(13)24)10-15(17,18)19)22(7-6-20)9-11-4-2-1-3-5-11/h1-5,8H,6-7,9-10,20H2. The van der Waals surface area contributed by atoms with Crippen molar-refractivity contribution in [3.63, 3.8) is 0 Å². The summed E-state index contributed by atoms with van der Waals surface area (Å²) in [6.45, 7) is -0.218. The van der Waals surface area contributed by atoms with Gasteiger partial charge >= 0.3 is 6.18 Å². The highest BCUT2D eigenvalue weighted by molar-refractivity contribution is 9.10. The van der Waals surface area contributed by atoms with Gasteiger partial charge < -0.3 is 10.6 Å². The van der Waals surface area contributed by atoms with Crippen LogP contribution in [-0.2, 0) is 13.1 Å². The number of nitrogens with two attached hydrogens (primary N) is 1. The van der Waals surface area contributed by atoms with Gasteiger partial charge in [0.05, 0.1) is 11.9 Å². The van der Waals surface area contributed by atoms with E-state index in [9.17, 15) is 18.0 Å². The average Bonchev–Trinajstić information content (AvgIpc) is 2.52. The number of hydrogen-bond acceptors (Lipinski definition) is 4. The smallest absolute Gasteiger partial charge is 0.364 e.